The summed E-state index contributed by atoms with van der Waals surface area (Å²) in [6, 6.07) is 7.79. The summed E-state index contributed by atoms with van der Waals surface area (Å²) in [5.41, 5.74) is 2.05. The van der Waals surface area contributed by atoms with Gasteiger partial charge in [-0.05, 0) is 37.0 Å². The van der Waals surface area contributed by atoms with Crippen molar-refractivity contribution in [1.29, 1.82) is 5.26 Å². The molecule has 0 fully saturated rings. The van der Waals surface area contributed by atoms with Crippen LogP contribution in [0.25, 0.3) is 0 Å². The summed E-state index contributed by atoms with van der Waals surface area (Å²) in [4.78, 5) is 0. The molecular formula is C13H17ClN2. The van der Waals surface area contributed by atoms with Gasteiger partial charge in [-0.15, -0.1) is 0 Å². The van der Waals surface area contributed by atoms with Gasteiger partial charge in [0.05, 0.1) is 6.07 Å². The normalized spacial score (nSPS) is 12.2. The lowest BCUT2D eigenvalue weighted by molar-refractivity contribution is 0.568. The van der Waals surface area contributed by atoms with Crippen LogP contribution in [0.4, 0.5) is 5.69 Å². The predicted molar refractivity (Wildman–Crippen MR) is 68.7 cm³/mol. The van der Waals surface area contributed by atoms with Crippen LogP contribution in [-0.2, 0) is 0 Å². The maximum atomic E-state index is 9.05. The molecule has 0 amide bonds. The molecule has 1 aromatic rings. The summed E-state index contributed by atoms with van der Waals surface area (Å²) in [7, 11) is 0. The second-order valence-electron chi connectivity index (χ2n) is 4.41. The third kappa shape index (κ3) is 3.75. The highest BCUT2D eigenvalue weighted by Gasteiger charge is 2.10. The molecule has 16 heavy (non-hydrogen) atoms. The standard InChI is InChI=1S/C13H17ClN2/c1-9(2)6-12(8-15)16-13-7-11(14)5-4-10(13)3/h4-5,7,9,12,16H,6H2,1-3H3. The zero-order valence-electron chi connectivity index (χ0n) is 9.92. The second-order valence-corrected chi connectivity index (χ2v) is 4.85. The van der Waals surface area contributed by atoms with Crippen LogP contribution in [0.5, 0.6) is 0 Å². The van der Waals surface area contributed by atoms with Crippen LogP contribution in [0, 0.1) is 24.2 Å². The Morgan fingerprint density at radius 3 is 2.69 bits per heavy atom. The van der Waals surface area contributed by atoms with Gasteiger partial charge in [0.15, 0.2) is 0 Å². The van der Waals surface area contributed by atoms with Crippen LogP contribution in [0.3, 0.4) is 0 Å². The van der Waals surface area contributed by atoms with Gasteiger partial charge in [-0.2, -0.15) is 5.26 Å². The van der Waals surface area contributed by atoms with Gasteiger partial charge in [-0.1, -0.05) is 31.5 Å². The Kier molecular flexibility index (Phi) is 4.64. The van der Waals surface area contributed by atoms with E-state index in [-0.39, 0.29) is 6.04 Å². The number of benzene rings is 1. The first kappa shape index (κ1) is 12.9. The van der Waals surface area contributed by atoms with Gasteiger partial charge < -0.3 is 5.32 Å². The van der Waals surface area contributed by atoms with E-state index in [1.807, 2.05) is 25.1 Å². The summed E-state index contributed by atoms with van der Waals surface area (Å²) in [5.74, 6) is 0.497. The largest absolute Gasteiger partial charge is 0.370 e. The van der Waals surface area contributed by atoms with E-state index >= 15 is 0 Å². The number of anilines is 1. The first-order chi connectivity index (χ1) is 7.52. The molecule has 0 radical (unpaired) electrons. The van der Waals surface area contributed by atoms with E-state index in [9.17, 15) is 0 Å². The Balaban J connectivity index is 2.78. The van der Waals surface area contributed by atoms with Crippen molar-refractivity contribution in [2.24, 2.45) is 5.92 Å². The molecule has 1 aromatic carbocycles. The zero-order chi connectivity index (χ0) is 12.1. The molecular weight excluding hydrogens is 220 g/mol. The maximum Gasteiger partial charge on any atom is 0.114 e. The van der Waals surface area contributed by atoms with Gasteiger partial charge in [0.25, 0.3) is 0 Å². The first-order valence-corrected chi connectivity index (χ1v) is 5.83. The van der Waals surface area contributed by atoms with Gasteiger partial charge in [0, 0.05) is 10.7 Å². The number of halogens is 1. The number of nitrogens with zero attached hydrogens (tertiary/aromatic N) is 1. The maximum absolute atomic E-state index is 9.05. The zero-order valence-corrected chi connectivity index (χ0v) is 10.7. The van der Waals surface area contributed by atoms with Crippen molar-refractivity contribution in [3.63, 3.8) is 0 Å². The average molecular weight is 237 g/mol. The van der Waals surface area contributed by atoms with E-state index in [1.54, 1.807) is 0 Å². The number of nitriles is 1. The van der Waals surface area contributed by atoms with Crippen LogP contribution in [0.2, 0.25) is 5.02 Å². The Morgan fingerprint density at radius 1 is 1.44 bits per heavy atom. The van der Waals surface area contributed by atoms with Crippen molar-refractivity contribution in [3.05, 3.63) is 28.8 Å². The van der Waals surface area contributed by atoms with Crippen LogP contribution in [0.15, 0.2) is 18.2 Å². The van der Waals surface area contributed by atoms with Crippen molar-refractivity contribution < 1.29 is 0 Å². The Hall–Kier alpha value is -1.20. The Morgan fingerprint density at radius 2 is 2.12 bits per heavy atom. The molecule has 2 nitrogen and oxygen atoms in total. The monoisotopic (exact) mass is 236 g/mol. The molecule has 0 aliphatic rings. The summed E-state index contributed by atoms with van der Waals surface area (Å²) in [6.07, 6.45) is 0.836. The molecule has 0 spiro atoms. The summed E-state index contributed by atoms with van der Waals surface area (Å²) in [6.45, 7) is 6.22. The van der Waals surface area contributed by atoms with Crippen molar-refractivity contribution in [2.45, 2.75) is 33.2 Å². The Labute approximate surface area is 102 Å². The first-order valence-electron chi connectivity index (χ1n) is 5.45. The SMILES string of the molecule is Cc1ccc(Cl)cc1NC(C#N)CC(C)C. The molecule has 1 rings (SSSR count). The van der Waals surface area contributed by atoms with Crippen molar-refractivity contribution in [1.82, 2.24) is 0 Å². The fourth-order valence-corrected chi connectivity index (χ4v) is 1.72. The van der Waals surface area contributed by atoms with Crippen molar-refractivity contribution in [2.75, 3.05) is 5.32 Å². The Bertz CT molecular complexity index is 393. The minimum atomic E-state index is -0.155. The lowest BCUT2D eigenvalue weighted by atomic mass is 10.0. The lowest BCUT2D eigenvalue weighted by Crippen LogP contribution is -2.19. The lowest BCUT2D eigenvalue weighted by Gasteiger charge is -2.16. The van der Waals surface area contributed by atoms with E-state index in [0.717, 1.165) is 17.7 Å². The van der Waals surface area contributed by atoms with Crippen LogP contribution < -0.4 is 5.32 Å². The highest BCUT2D eigenvalue weighted by atomic mass is 35.5. The van der Waals surface area contributed by atoms with Gasteiger partial charge >= 0.3 is 0 Å². The number of nitrogens with one attached hydrogen (secondary N) is 1. The molecule has 0 saturated carbocycles. The molecule has 3 heteroatoms. The van der Waals surface area contributed by atoms with Crippen molar-refractivity contribution in [3.8, 4) is 6.07 Å². The van der Waals surface area contributed by atoms with E-state index in [2.05, 4.69) is 25.2 Å². The third-order valence-corrected chi connectivity index (χ3v) is 2.63. The topological polar surface area (TPSA) is 35.8 Å². The van der Waals surface area contributed by atoms with Crippen LogP contribution in [0.1, 0.15) is 25.8 Å². The van der Waals surface area contributed by atoms with Crippen LogP contribution >= 0.6 is 11.6 Å². The van der Waals surface area contributed by atoms with Gasteiger partial charge in [0.2, 0.25) is 0 Å². The second kappa shape index (κ2) is 5.77. The smallest absolute Gasteiger partial charge is 0.114 e. The van der Waals surface area contributed by atoms with Crippen LogP contribution in [-0.4, -0.2) is 6.04 Å². The molecule has 1 atom stereocenters. The fraction of sp³-hybridized carbons (Fsp3) is 0.462. The summed E-state index contributed by atoms with van der Waals surface area (Å²) in [5, 5.41) is 13.0. The van der Waals surface area contributed by atoms with Crippen molar-refractivity contribution >= 4 is 17.3 Å². The number of hydrogen-bond acceptors (Lipinski definition) is 2. The predicted octanol–water partition coefficient (Wildman–Crippen LogP) is 4.00. The molecule has 0 aliphatic carbocycles. The summed E-state index contributed by atoms with van der Waals surface area (Å²) >= 11 is 5.93. The highest BCUT2D eigenvalue weighted by molar-refractivity contribution is 6.30. The fourth-order valence-electron chi connectivity index (χ4n) is 1.55. The molecule has 86 valence electrons. The van der Waals surface area contributed by atoms with E-state index < -0.39 is 0 Å². The number of aryl methyl sites for hydroxylation is 1. The minimum Gasteiger partial charge on any atom is -0.370 e. The van der Waals surface area contributed by atoms with E-state index in [0.29, 0.717) is 10.9 Å². The molecule has 0 bridgehead atoms. The van der Waals surface area contributed by atoms with Gasteiger partial charge in [-0.3, -0.25) is 0 Å². The molecule has 0 saturated heterocycles. The summed E-state index contributed by atoms with van der Waals surface area (Å²) < 4.78 is 0. The molecule has 0 aromatic heterocycles. The average Bonchev–Trinajstić information content (AvgIpc) is 2.21. The highest BCUT2D eigenvalue weighted by Crippen LogP contribution is 2.22. The molecule has 0 aliphatic heterocycles. The van der Waals surface area contributed by atoms with Gasteiger partial charge in [-0.25, -0.2) is 0 Å². The number of hydrogen-bond donors (Lipinski definition) is 1. The minimum absolute atomic E-state index is 0.155. The molecule has 1 unspecified atom stereocenters. The molecule has 1 N–H and O–H groups in total. The van der Waals surface area contributed by atoms with E-state index in [1.165, 1.54) is 0 Å². The molecule has 0 heterocycles. The quantitative estimate of drug-likeness (QED) is 0.858. The third-order valence-electron chi connectivity index (χ3n) is 2.39. The van der Waals surface area contributed by atoms with E-state index in [4.69, 9.17) is 16.9 Å². The number of rotatable bonds is 4. The van der Waals surface area contributed by atoms with Gasteiger partial charge in [0.1, 0.15) is 6.04 Å².